The molecule has 0 saturated carbocycles. The Morgan fingerprint density at radius 1 is 1.82 bits per heavy atom. The summed E-state index contributed by atoms with van der Waals surface area (Å²) in [5.74, 6) is 0.138. The lowest BCUT2D eigenvalue weighted by Crippen LogP contribution is -2.32. The van der Waals surface area contributed by atoms with Gasteiger partial charge in [0.1, 0.15) is 6.17 Å². The van der Waals surface area contributed by atoms with E-state index in [1.165, 1.54) is 0 Å². The van der Waals surface area contributed by atoms with Gasteiger partial charge in [0.25, 0.3) is 0 Å². The number of hydrogen-bond donors (Lipinski definition) is 2. The van der Waals surface area contributed by atoms with E-state index in [1.54, 1.807) is 0 Å². The first-order chi connectivity index (χ1) is 5.22. The number of halogens is 1. The number of amidine groups is 1. The van der Waals surface area contributed by atoms with E-state index in [0.717, 1.165) is 0 Å². The fraction of sp³-hybridized carbons (Fsp3) is 0.833. The lowest BCUT2D eigenvalue weighted by molar-refractivity contribution is 0.296. The minimum Gasteiger partial charge on any atom is -0.409 e. The number of nitrogens with two attached hydrogens (primary N) is 1. The first-order valence-corrected chi connectivity index (χ1v) is 3.55. The molecule has 1 heterocycles. The molecule has 4 nitrogen and oxygen atoms in total. The third-order valence-corrected chi connectivity index (χ3v) is 1.73. The van der Waals surface area contributed by atoms with Crippen LogP contribution in [0, 0.1) is 0 Å². The van der Waals surface area contributed by atoms with Crippen LogP contribution in [0.3, 0.4) is 0 Å². The predicted molar refractivity (Wildman–Crippen MR) is 39.4 cm³/mol. The molecule has 0 aromatic rings. The summed E-state index contributed by atoms with van der Waals surface area (Å²) in [6.45, 7) is 1.45. The van der Waals surface area contributed by atoms with Crippen LogP contribution >= 0.6 is 0 Å². The van der Waals surface area contributed by atoms with Gasteiger partial charge in [-0.3, -0.25) is 4.90 Å². The van der Waals surface area contributed by atoms with Crippen LogP contribution in [0.4, 0.5) is 4.39 Å². The first kappa shape index (κ1) is 8.26. The molecular weight excluding hydrogens is 149 g/mol. The molecule has 1 saturated heterocycles. The maximum absolute atomic E-state index is 12.5. The van der Waals surface area contributed by atoms with Crippen LogP contribution in [0.15, 0.2) is 5.16 Å². The minimum absolute atomic E-state index is 0.138. The van der Waals surface area contributed by atoms with Crippen molar-refractivity contribution in [3.8, 4) is 0 Å². The Labute approximate surface area is 64.5 Å². The van der Waals surface area contributed by atoms with E-state index in [2.05, 4.69) is 5.16 Å². The van der Waals surface area contributed by atoms with E-state index >= 15 is 0 Å². The Morgan fingerprint density at radius 2 is 2.55 bits per heavy atom. The van der Waals surface area contributed by atoms with Crippen LogP contribution in [0.1, 0.15) is 6.42 Å². The smallest absolute Gasteiger partial charge is 0.153 e. The van der Waals surface area contributed by atoms with Crippen LogP contribution in [0.25, 0.3) is 0 Å². The predicted octanol–water partition coefficient (Wildman–Crippen LogP) is -0.223. The summed E-state index contributed by atoms with van der Waals surface area (Å²) in [5.41, 5.74) is 5.23. The van der Waals surface area contributed by atoms with E-state index in [9.17, 15) is 4.39 Å². The molecule has 5 heteroatoms. The Morgan fingerprint density at radius 3 is 3.00 bits per heavy atom. The molecule has 1 fully saturated rings. The second-order valence-electron chi connectivity index (χ2n) is 2.71. The van der Waals surface area contributed by atoms with Gasteiger partial charge in [-0.15, -0.1) is 0 Å². The minimum atomic E-state index is -0.749. The number of oxime groups is 1. The average Bonchev–Trinajstić information content (AvgIpc) is 2.35. The summed E-state index contributed by atoms with van der Waals surface area (Å²) in [4.78, 5) is 1.82. The van der Waals surface area contributed by atoms with Crippen molar-refractivity contribution in [1.29, 1.82) is 0 Å². The highest BCUT2D eigenvalue weighted by Gasteiger charge is 2.21. The molecule has 1 aliphatic heterocycles. The summed E-state index contributed by atoms with van der Waals surface area (Å²) < 4.78 is 12.5. The topological polar surface area (TPSA) is 61.8 Å². The van der Waals surface area contributed by atoms with Crippen molar-refractivity contribution in [2.45, 2.75) is 12.6 Å². The molecule has 64 valence electrons. The van der Waals surface area contributed by atoms with Crippen LogP contribution in [0.5, 0.6) is 0 Å². The van der Waals surface area contributed by atoms with Crippen molar-refractivity contribution in [3.05, 3.63) is 0 Å². The number of hydrogen-bond acceptors (Lipinski definition) is 3. The highest BCUT2D eigenvalue weighted by molar-refractivity contribution is 5.81. The Kier molecular flexibility index (Phi) is 2.64. The van der Waals surface area contributed by atoms with Gasteiger partial charge in [-0.2, -0.15) is 0 Å². The maximum atomic E-state index is 12.5. The largest absolute Gasteiger partial charge is 0.409 e. The summed E-state index contributed by atoms with van der Waals surface area (Å²) in [6, 6.07) is 0. The Hall–Kier alpha value is -0.840. The Bertz CT molecular complexity index is 162. The monoisotopic (exact) mass is 161 g/mol. The van der Waals surface area contributed by atoms with Gasteiger partial charge in [0, 0.05) is 13.1 Å². The van der Waals surface area contributed by atoms with Gasteiger partial charge in [0.15, 0.2) is 5.84 Å². The zero-order valence-corrected chi connectivity index (χ0v) is 6.20. The Balaban J connectivity index is 2.28. The average molecular weight is 161 g/mol. The standard InChI is InChI=1S/C6H12FN3O/c7-5-1-2-10(3-5)4-6(8)9-11/h5,11H,1-4H2,(H2,8,9)/t5-/m1/s1. The lowest BCUT2D eigenvalue weighted by Gasteiger charge is -2.11. The molecular formula is C6H12FN3O. The normalized spacial score (nSPS) is 27.7. The molecule has 0 aromatic heterocycles. The van der Waals surface area contributed by atoms with Gasteiger partial charge in [-0.25, -0.2) is 4.39 Å². The molecule has 1 aliphatic rings. The molecule has 1 atom stereocenters. The van der Waals surface area contributed by atoms with Gasteiger partial charge in [0.05, 0.1) is 6.54 Å². The van der Waals surface area contributed by atoms with Crippen molar-refractivity contribution in [2.75, 3.05) is 19.6 Å². The quantitative estimate of drug-likeness (QED) is 0.255. The van der Waals surface area contributed by atoms with Crippen LogP contribution < -0.4 is 5.73 Å². The fourth-order valence-corrected chi connectivity index (χ4v) is 1.19. The highest BCUT2D eigenvalue weighted by atomic mass is 19.1. The SMILES string of the molecule is NC(CN1CC[C@@H](F)C1)=NO. The van der Waals surface area contributed by atoms with Gasteiger partial charge >= 0.3 is 0 Å². The van der Waals surface area contributed by atoms with Crippen LogP contribution in [-0.2, 0) is 0 Å². The van der Waals surface area contributed by atoms with E-state index < -0.39 is 6.17 Å². The summed E-state index contributed by atoms with van der Waals surface area (Å²) in [5, 5.41) is 11.0. The number of rotatable bonds is 2. The number of likely N-dealkylation sites (tertiary alicyclic amines) is 1. The molecule has 0 radical (unpaired) electrons. The molecule has 0 unspecified atom stereocenters. The zero-order chi connectivity index (χ0) is 8.27. The maximum Gasteiger partial charge on any atom is 0.153 e. The highest BCUT2D eigenvalue weighted by Crippen LogP contribution is 2.10. The second-order valence-corrected chi connectivity index (χ2v) is 2.71. The molecule has 0 aromatic carbocycles. The molecule has 11 heavy (non-hydrogen) atoms. The summed E-state index contributed by atoms with van der Waals surface area (Å²) in [6.07, 6.45) is -0.194. The molecule has 0 amide bonds. The molecule has 1 rings (SSSR count). The van der Waals surface area contributed by atoms with Gasteiger partial charge in [0.2, 0.25) is 0 Å². The lowest BCUT2D eigenvalue weighted by atomic mass is 10.3. The van der Waals surface area contributed by atoms with Crippen molar-refractivity contribution in [1.82, 2.24) is 4.90 Å². The molecule has 0 spiro atoms. The van der Waals surface area contributed by atoms with Crippen molar-refractivity contribution in [2.24, 2.45) is 10.9 Å². The van der Waals surface area contributed by atoms with E-state index in [1.807, 2.05) is 4.90 Å². The fourth-order valence-electron chi connectivity index (χ4n) is 1.19. The first-order valence-electron chi connectivity index (χ1n) is 3.55. The van der Waals surface area contributed by atoms with Crippen molar-refractivity contribution in [3.63, 3.8) is 0 Å². The zero-order valence-electron chi connectivity index (χ0n) is 6.20. The third kappa shape index (κ3) is 2.34. The van der Waals surface area contributed by atoms with Gasteiger partial charge in [-0.05, 0) is 6.42 Å². The van der Waals surface area contributed by atoms with Crippen molar-refractivity contribution < 1.29 is 9.60 Å². The van der Waals surface area contributed by atoms with Crippen molar-refractivity contribution >= 4 is 5.84 Å². The second kappa shape index (κ2) is 3.52. The van der Waals surface area contributed by atoms with E-state index in [-0.39, 0.29) is 5.84 Å². The molecule has 3 N–H and O–H groups in total. The van der Waals surface area contributed by atoms with Gasteiger partial charge in [-0.1, -0.05) is 5.16 Å². The summed E-state index contributed by atoms with van der Waals surface area (Å²) >= 11 is 0. The van der Waals surface area contributed by atoms with Crippen LogP contribution in [-0.4, -0.2) is 41.7 Å². The van der Waals surface area contributed by atoms with E-state index in [0.29, 0.717) is 26.1 Å². The third-order valence-electron chi connectivity index (χ3n) is 1.73. The molecule has 0 bridgehead atoms. The number of alkyl halides is 1. The van der Waals surface area contributed by atoms with Crippen LogP contribution in [0.2, 0.25) is 0 Å². The van der Waals surface area contributed by atoms with E-state index in [4.69, 9.17) is 10.9 Å². The molecule has 0 aliphatic carbocycles. The number of nitrogens with zero attached hydrogens (tertiary/aromatic N) is 2. The van der Waals surface area contributed by atoms with Gasteiger partial charge < -0.3 is 10.9 Å². The summed E-state index contributed by atoms with van der Waals surface area (Å²) in [7, 11) is 0.